The van der Waals surface area contributed by atoms with Crippen molar-refractivity contribution < 1.29 is 33.8 Å². The minimum atomic E-state index is -1.23. The van der Waals surface area contributed by atoms with Crippen LogP contribution in [-0.2, 0) is 28.7 Å². The molecule has 3 amide bonds. The second-order valence-corrected chi connectivity index (χ2v) is 13.7. The maximum absolute atomic E-state index is 14.6. The highest BCUT2D eigenvalue weighted by atomic mass is 16.6. The monoisotopic (exact) mass is 651 g/mol. The molecular weight excluding hydrogens is 598 g/mol. The van der Waals surface area contributed by atoms with Crippen LogP contribution in [0.4, 0.5) is 0 Å². The lowest BCUT2D eigenvalue weighted by atomic mass is 9.70. The third kappa shape index (κ3) is 7.04. The van der Waals surface area contributed by atoms with Gasteiger partial charge in [0.15, 0.2) is 0 Å². The minimum Gasteiger partial charge on any atom is -0.455 e. The van der Waals surface area contributed by atoms with Gasteiger partial charge in [0.05, 0.1) is 36.6 Å². The van der Waals surface area contributed by atoms with E-state index < -0.39 is 53.7 Å². The van der Waals surface area contributed by atoms with Gasteiger partial charge in [-0.2, -0.15) is 0 Å². The molecule has 3 fully saturated rings. The van der Waals surface area contributed by atoms with Crippen LogP contribution in [-0.4, -0.2) is 87.6 Å². The highest BCUT2D eigenvalue weighted by Gasteiger charge is 2.76. The van der Waals surface area contributed by atoms with Gasteiger partial charge in [-0.1, -0.05) is 69.7 Å². The molecule has 1 aromatic carbocycles. The molecule has 9 atom stereocenters. The Bertz CT molecular complexity index is 1300. The molecule has 2 bridgehead atoms. The summed E-state index contributed by atoms with van der Waals surface area (Å²) in [7, 11) is 0. The molecule has 10 nitrogen and oxygen atoms in total. The molecule has 10 heteroatoms. The minimum absolute atomic E-state index is 0.112. The van der Waals surface area contributed by atoms with E-state index in [1.165, 1.54) is 4.90 Å². The van der Waals surface area contributed by atoms with Gasteiger partial charge in [0.25, 0.3) is 0 Å². The molecule has 1 aromatic rings. The standard InChI is InChI=1S/C37H53N3O7/c1-8-11-18-29(42)38-25(7)32(26-16-13-12-14-17-26)46-36(45)30-28-19-20-37(47-28)31(30)34(43)40(27(22-41)23(4)5)33(37)35(44)39(21-10-3)24(6)15-9-2/h8,10,12-14,16-17,23-25,27-28,30-33,41H,1,3,9,11,15,18-22H2,2,4-7H3,(H,38,42)/t24?,25-,27+,28+,30-,31-,32-,33+,37-/m1/s1. The lowest BCUT2D eigenvalue weighted by Crippen LogP contribution is -2.60. The number of nitrogens with one attached hydrogen (secondary N) is 1. The van der Waals surface area contributed by atoms with E-state index in [0.29, 0.717) is 31.4 Å². The van der Waals surface area contributed by atoms with Crippen molar-refractivity contribution in [1.82, 2.24) is 15.1 Å². The van der Waals surface area contributed by atoms with Crippen LogP contribution in [0, 0.1) is 17.8 Å². The number of aliphatic hydroxyl groups is 1. The number of likely N-dealkylation sites (tertiary alicyclic amines) is 1. The number of carbonyl (C=O) groups excluding carboxylic acids is 4. The average Bonchev–Trinajstić information content (AvgIpc) is 3.69. The van der Waals surface area contributed by atoms with Crippen LogP contribution in [0.5, 0.6) is 0 Å². The molecule has 3 aliphatic heterocycles. The van der Waals surface area contributed by atoms with Crippen molar-refractivity contribution >= 4 is 23.7 Å². The summed E-state index contributed by atoms with van der Waals surface area (Å²) >= 11 is 0. The number of amides is 3. The second-order valence-electron chi connectivity index (χ2n) is 13.7. The van der Waals surface area contributed by atoms with Crippen molar-refractivity contribution in [3.63, 3.8) is 0 Å². The zero-order valence-corrected chi connectivity index (χ0v) is 28.6. The Morgan fingerprint density at radius 1 is 1.17 bits per heavy atom. The lowest BCUT2D eigenvalue weighted by Gasteiger charge is -2.41. The van der Waals surface area contributed by atoms with Crippen LogP contribution in [0.1, 0.15) is 84.8 Å². The number of fused-ring (bicyclic) bond motifs is 1. The van der Waals surface area contributed by atoms with Crippen LogP contribution >= 0.6 is 0 Å². The smallest absolute Gasteiger partial charge is 0.313 e. The first-order valence-electron chi connectivity index (χ1n) is 17.1. The zero-order chi connectivity index (χ0) is 34.5. The Labute approximate surface area is 279 Å². The normalized spacial score (nSPS) is 27.1. The van der Waals surface area contributed by atoms with Crippen molar-refractivity contribution in [2.24, 2.45) is 17.8 Å². The summed E-state index contributed by atoms with van der Waals surface area (Å²) in [6, 6.07) is 6.86. The van der Waals surface area contributed by atoms with Crippen molar-refractivity contribution in [1.29, 1.82) is 0 Å². The number of carbonyl (C=O) groups is 4. The molecule has 47 heavy (non-hydrogen) atoms. The van der Waals surface area contributed by atoms with Gasteiger partial charge in [0.2, 0.25) is 17.7 Å². The molecule has 3 aliphatic rings. The van der Waals surface area contributed by atoms with E-state index >= 15 is 0 Å². The first kappa shape index (κ1) is 36.3. The summed E-state index contributed by atoms with van der Waals surface area (Å²) in [6.07, 6.45) is 5.27. The molecule has 3 saturated heterocycles. The van der Waals surface area contributed by atoms with Crippen molar-refractivity contribution in [2.45, 2.75) is 115 Å². The van der Waals surface area contributed by atoms with Crippen LogP contribution in [0.15, 0.2) is 55.6 Å². The molecule has 258 valence electrons. The zero-order valence-electron chi connectivity index (χ0n) is 28.6. The molecule has 0 saturated carbocycles. The molecule has 3 heterocycles. The van der Waals surface area contributed by atoms with Crippen molar-refractivity contribution in [3.05, 3.63) is 61.2 Å². The maximum atomic E-state index is 14.6. The van der Waals surface area contributed by atoms with Gasteiger partial charge in [0.1, 0.15) is 17.7 Å². The molecule has 2 N–H and O–H groups in total. The van der Waals surface area contributed by atoms with Crippen LogP contribution in [0.2, 0.25) is 0 Å². The predicted octanol–water partition coefficient (Wildman–Crippen LogP) is 4.34. The lowest BCUT2D eigenvalue weighted by molar-refractivity contribution is -0.163. The van der Waals surface area contributed by atoms with Crippen LogP contribution < -0.4 is 5.32 Å². The largest absolute Gasteiger partial charge is 0.455 e. The topological polar surface area (TPSA) is 125 Å². The number of ether oxygens (including phenoxy) is 2. The molecule has 0 aliphatic carbocycles. The third-order valence-corrected chi connectivity index (χ3v) is 10.2. The number of rotatable bonds is 17. The summed E-state index contributed by atoms with van der Waals surface area (Å²) < 4.78 is 12.9. The van der Waals surface area contributed by atoms with E-state index in [-0.39, 0.29) is 42.7 Å². The maximum Gasteiger partial charge on any atom is 0.313 e. The fraction of sp³-hybridized carbons (Fsp3) is 0.622. The Kier molecular flexibility index (Phi) is 12.1. The SMILES string of the molecule is C=CCCC(=O)N[C@H](C)[C@@H](OC(=O)[C@@H]1[C@@H]2CC[C@]3(O2)[C@H](C(=O)N(CC=C)C(C)CCC)N([C@@H](CO)C(C)C)C(=O)[C@@H]13)c1ccccc1. The highest BCUT2D eigenvalue weighted by molar-refractivity contribution is 5.98. The van der Waals surface area contributed by atoms with Gasteiger partial charge < -0.3 is 29.7 Å². The Morgan fingerprint density at radius 2 is 1.87 bits per heavy atom. The third-order valence-electron chi connectivity index (χ3n) is 10.2. The molecule has 4 rings (SSSR count). The van der Waals surface area contributed by atoms with Crippen molar-refractivity contribution in [2.75, 3.05) is 13.2 Å². The fourth-order valence-electron chi connectivity index (χ4n) is 7.91. The first-order chi connectivity index (χ1) is 22.5. The summed E-state index contributed by atoms with van der Waals surface area (Å²) in [4.78, 5) is 59.4. The number of nitrogens with zero attached hydrogens (tertiary/aromatic N) is 2. The Hall–Kier alpha value is -3.50. The van der Waals surface area contributed by atoms with Gasteiger partial charge in [-0.25, -0.2) is 0 Å². The number of benzene rings is 1. The van der Waals surface area contributed by atoms with Gasteiger partial charge >= 0.3 is 5.97 Å². The van der Waals surface area contributed by atoms with E-state index in [0.717, 1.165) is 12.8 Å². The molecule has 0 radical (unpaired) electrons. The summed E-state index contributed by atoms with van der Waals surface area (Å²) in [5.41, 5.74) is -0.531. The number of aliphatic hydroxyl groups excluding tert-OH is 1. The van der Waals surface area contributed by atoms with Crippen LogP contribution in [0.25, 0.3) is 0 Å². The van der Waals surface area contributed by atoms with Gasteiger partial charge in [-0.3, -0.25) is 19.2 Å². The van der Waals surface area contributed by atoms with Gasteiger partial charge in [-0.15, -0.1) is 13.2 Å². The predicted molar refractivity (Wildman–Crippen MR) is 179 cm³/mol. The van der Waals surface area contributed by atoms with Gasteiger partial charge in [0, 0.05) is 19.0 Å². The van der Waals surface area contributed by atoms with Gasteiger partial charge in [-0.05, 0) is 51.0 Å². The average molecular weight is 652 g/mol. The van der Waals surface area contributed by atoms with E-state index in [9.17, 15) is 24.3 Å². The Balaban J connectivity index is 1.71. The van der Waals surface area contributed by atoms with E-state index in [4.69, 9.17) is 9.47 Å². The molecule has 1 spiro atoms. The van der Waals surface area contributed by atoms with Crippen molar-refractivity contribution in [3.8, 4) is 0 Å². The quantitative estimate of drug-likeness (QED) is 0.190. The number of esters is 1. The highest BCUT2D eigenvalue weighted by Crippen LogP contribution is 2.59. The fourth-order valence-corrected chi connectivity index (χ4v) is 7.91. The number of hydrogen-bond acceptors (Lipinski definition) is 7. The summed E-state index contributed by atoms with van der Waals surface area (Å²) in [6.45, 7) is 17.2. The molecule has 1 unspecified atom stereocenters. The van der Waals surface area contributed by atoms with E-state index in [2.05, 4.69) is 25.4 Å². The van der Waals surface area contributed by atoms with Crippen LogP contribution in [0.3, 0.4) is 0 Å². The summed E-state index contributed by atoms with van der Waals surface area (Å²) in [5.74, 6) is -3.47. The summed E-state index contributed by atoms with van der Waals surface area (Å²) in [5, 5.41) is 13.5. The number of allylic oxidation sites excluding steroid dienone is 1. The molecule has 0 aromatic heterocycles. The van der Waals surface area contributed by atoms with E-state index in [1.807, 2.05) is 51.1 Å². The van der Waals surface area contributed by atoms with E-state index in [1.54, 1.807) is 24.0 Å². The Morgan fingerprint density at radius 3 is 2.47 bits per heavy atom. The number of hydrogen-bond donors (Lipinski definition) is 2. The first-order valence-corrected chi connectivity index (χ1v) is 17.1. The molecular formula is C37H53N3O7. The second kappa shape index (κ2) is 15.6.